The molecular formula is C23H29Cl2N3O4S. The number of rotatable bonds is 9. The minimum atomic E-state index is -3.78. The molecule has 0 spiro atoms. The molecule has 2 amide bonds. The smallest absolute Gasteiger partial charge is 0.244 e. The van der Waals surface area contributed by atoms with Gasteiger partial charge in [-0.15, -0.1) is 0 Å². The standard InChI is InChI=1S/C23H29Cl2N3O4S/c1-6-21(23(30)26-4)27(13-17-8-9-18(24)12-20(17)25)22(29)14-28(33(5,31)32)19-10-7-15(2)16(3)11-19/h7-12,21H,6,13-14H2,1-5H3,(H,26,30). The third-order valence-corrected chi connectivity index (χ3v) is 7.17. The van der Waals surface area contributed by atoms with Crippen molar-refractivity contribution in [2.24, 2.45) is 0 Å². The first-order valence-electron chi connectivity index (χ1n) is 10.4. The molecule has 2 aromatic carbocycles. The molecule has 0 aliphatic heterocycles. The SMILES string of the molecule is CCC(C(=O)NC)N(Cc1ccc(Cl)cc1Cl)C(=O)CN(c1ccc(C)c(C)c1)S(C)(=O)=O. The van der Waals surface area contributed by atoms with Crippen LogP contribution in [0.5, 0.6) is 0 Å². The van der Waals surface area contributed by atoms with E-state index in [1.54, 1.807) is 43.3 Å². The summed E-state index contributed by atoms with van der Waals surface area (Å²) < 4.78 is 26.3. The minimum Gasteiger partial charge on any atom is -0.357 e. The fourth-order valence-corrected chi connectivity index (χ4v) is 4.72. The number of nitrogens with one attached hydrogen (secondary N) is 1. The predicted molar refractivity (Wildman–Crippen MR) is 133 cm³/mol. The van der Waals surface area contributed by atoms with Gasteiger partial charge in [-0.25, -0.2) is 8.42 Å². The van der Waals surface area contributed by atoms with Crippen molar-refractivity contribution in [3.63, 3.8) is 0 Å². The van der Waals surface area contributed by atoms with Gasteiger partial charge in [0.15, 0.2) is 0 Å². The Morgan fingerprint density at radius 3 is 2.24 bits per heavy atom. The molecule has 0 aliphatic rings. The maximum absolute atomic E-state index is 13.5. The van der Waals surface area contributed by atoms with Gasteiger partial charge in [-0.05, 0) is 61.2 Å². The second-order valence-corrected chi connectivity index (χ2v) is 10.6. The number of hydrogen-bond acceptors (Lipinski definition) is 4. The van der Waals surface area contributed by atoms with Gasteiger partial charge in [0.05, 0.1) is 11.9 Å². The van der Waals surface area contributed by atoms with E-state index in [1.165, 1.54) is 11.9 Å². The number of anilines is 1. The summed E-state index contributed by atoms with van der Waals surface area (Å²) in [5.41, 5.74) is 2.87. The van der Waals surface area contributed by atoms with Crippen LogP contribution >= 0.6 is 23.2 Å². The van der Waals surface area contributed by atoms with Crippen LogP contribution in [0.4, 0.5) is 5.69 Å². The molecule has 0 aliphatic carbocycles. The van der Waals surface area contributed by atoms with Crippen LogP contribution in [0.3, 0.4) is 0 Å². The van der Waals surface area contributed by atoms with Crippen molar-refractivity contribution in [3.05, 3.63) is 63.1 Å². The van der Waals surface area contributed by atoms with Gasteiger partial charge in [0.25, 0.3) is 0 Å². The van der Waals surface area contributed by atoms with Gasteiger partial charge in [0, 0.05) is 23.6 Å². The topological polar surface area (TPSA) is 86.8 Å². The number of halogens is 2. The quantitative estimate of drug-likeness (QED) is 0.550. The number of benzene rings is 2. The van der Waals surface area contributed by atoms with E-state index in [0.29, 0.717) is 27.7 Å². The molecule has 0 aromatic heterocycles. The van der Waals surface area contributed by atoms with Crippen molar-refractivity contribution in [3.8, 4) is 0 Å². The highest BCUT2D eigenvalue weighted by molar-refractivity contribution is 7.92. The Morgan fingerprint density at radius 2 is 1.73 bits per heavy atom. The summed E-state index contributed by atoms with van der Waals surface area (Å²) in [6.45, 7) is 5.13. The first-order valence-corrected chi connectivity index (χ1v) is 13.0. The Balaban J connectivity index is 2.48. The van der Waals surface area contributed by atoms with E-state index >= 15 is 0 Å². The Morgan fingerprint density at radius 1 is 1.06 bits per heavy atom. The summed E-state index contributed by atoms with van der Waals surface area (Å²) in [6.07, 6.45) is 1.38. The predicted octanol–water partition coefficient (Wildman–Crippen LogP) is 3.93. The van der Waals surface area contributed by atoms with Crippen molar-refractivity contribution < 1.29 is 18.0 Å². The molecular weight excluding hydrogens is 485 g/mol. The number of amides is 2. The third-order valence-electron chi connectivity index (χ3n) is 5.45. The van der Waals surface area contributed by atoms with Crippen LogP contribution in [0.15, 0.2) is 36.4 Å². The van der Waals surface area contributed by atoms with E-state index < -0.39 is 28.5 Å². The molecule has 7 nitrogen and oxygen atoms in total. The van der Waals surface area contributed by atoms with Gasteiger partial charge in [0.2, 0.25) is 21.8 Å². The number of aryl methyl sites for hydroxylation is 2. The highest BCUT2D eigenvalue weighted by atomic mass is 35.5. The number of carbonyl (C=O) groups is 2. The molecule has 0 fully saturated rings. The molecule has 180 valence electrons. The Bertz CT molecular complexity index is 1140. The van der Waals surface area contributed by atoms with Gasteiger partial charge >= 0.3 is 0 Å². The van der Waals surface area contributed by atoms with E-state index in [9.17, 15) is 18.0 Å². The first-order chi connectivity index (χ1) is 15.4. The number of carbonyl (C=O) groups excluding carboxylic acids is 2. The molecule has 1 unspecified atom stereocenters. The molecule has 0 bridgehead atoms. The average Bonchev–Trinajstić information content (AvgIpc) is 2.74. The zero-order valence-electron chi connectivity index (χ0n) is 19.4. The van der Waals surface area contributed by atoms with Crippen molar-refractivity contribution in [1.82, 2.24) is 10.2 Å². The molecule has 0 saturated carbocycles. The van der Waals surface area contributed by atoms with Gasteiger partial charge in [-0.1, -0.05) is 42.3 Å². The summed E-state index contributed by atoms with van der Waals surface area (Å²) >= 11 is 12.3. The van der Waals surface area contributed by atoms with Crippen molar-refractivity contribution in [2.45, 2.75) is 39.8 Å². The highest BCUT2D eigenvalue weighted by Gasteiger charge is 2.31. The Kier molecular flexibility index (Phi) is 9.17. The minimum absolute atomic E-state index is 0.0191. The van der Waals surface area contributed by atoms with Crippen molar-refractivity contribution in [1.29, 1.82) is 0 Å². The molecule has 0 radical (unpaired) electrons. The van der Waals surface area contributed by atoms with E-state index in [2.05, 4.69) is 5.32 Å². The molecule has 1 atom stereocenters. The molecule has 2 rings (SSSR count). The molecule has 0 saturated heterocycles. The van der Waals surface area contributed by atoms with Gasteiger partial charge in [0.1, 0.15) is 12.6 Å². The third kappa shape index (κ3) is 6.85. The van der Waals surface area contributed by atoms with E-state index in [-0.39, 0.29) is 12.5 Å². The second-order valence-electron chi connectivity index (χ2n) is 7.83. The summed E-state index contributed by atoms with van der Waals surface area (Å²) in [5, 5.41) is 3.36. The summed E-state index contributed by atoms with van der Waals surface area (Å²) in [7, 11) is -2.29. The van der Waals surface area contributed by atoms with Gasteiger partial charge in [-0.2, -0.15) is 0 Å². The van der Waals surface area contributed by atoms with Gasteiger partial charge < -0.3 is 10.2 Å². The lowest BCUT2D eigenvalue weighted by atomic mass is 10.1. The van der Waals surface area contributed by atoms with Crippen LogP contribution in [-0.2, 0) is 26.2 Å². The zero-order valence-corrected chi connectivity index (χ0v) is 21.7. The van der Waals surface area contributed by atoms with E-state index in [0.717, 1.165) is 21.7 Å². The largest absolute Gasteiger partial charge is 0.357 e. The fraction of sp³-hybridized carbons (Fsp3) is 0.391. The van der Waals surface area contributed by atoms with Crippen LogP contribution in [0.25, 0.3) is 0 Å². The number of sulfonamides is 1. The van der Waals surface area contributed by atoms with Crippen molar-refractivity contribution in [2.75, 3.05) is 24.2 Å². The van der Waals surface area contributed by atoms with Crippen LogP contribution in [0, 0.1) is 13.8 Å². The number of likely N-dealkylation sites (N-methyl/N-ethyl adjacent to an activating group) is 1. The Labute approximate surface area is 205 Å². The number of nitrogens with zero attached hydrogens (tertiary/aromatic N) is 2. The monoisotopic (exact) mass is 513 g/mol. The maximum Gasteiger partial charge on any atom is 0.244 e. The summed E-state index contributed by atoms with van der Waals surface area (Å²) in [6, 6.07) is 9.25. The lowest BCUT2D eigenvalue weighted by Gasteiger charge is -2.33. The highest BCUT2D eigenvalue weighted by Crippen LogP contribution is 2.25. The molecule has 2 aromatic rings. The summed E-state index contributed by atoms with van der Waals surface area (Å²) in [5.74, 6) is -0.881. The number of hydrogen-bond donors (Lipinski definition) is 1. The lowest BCUT2D eigenvalue weighted by molar-refractivity contribution is -0.140. The molecule has 33 heavy (non-hydrogen) atoms. The Hall–Kier alpha value is -2.29. The fourth-order valence-electron chi connectivity index (χ4n) is 3.41. The van der Waals surface area contributed by atoms with Crippen LogP contribution in [0.2, 0.25) is 10.0 Å². The van der Waals surface area contributed by atoms with Gasteiger partial charge in [-0.3, -0.25) is 13.9 Å². The maximum atomic E-state index is 13.5. The van der Waals surface area contributed by atoms with Crippen LogP contribution in [0.1, 0.15) is 30.0 Å². The molecule has 0 heterocycles. The second kappa shape index (κ2) is 11.2. The first kappa shape index (κ1) is 27.0. The van der Waals surface area contributed by atoms with Crippen molar-refractivity contribution >= 4 is 50.7 Å². The van der Waals surface area contributed by atoms with E-state index in [1.807, 2.05) is 13.8 Å². The zero-order chi connectivity index (χ0) is 24.9. The molecule has 1 N–H and O–H groups in total. The van der Waals surface area contributed by atoms with Crippen LogP contribution in [-0.4, -0.2) is 51.0 Å². The molecule has 10 heteroatoms. The van der Waals surface area contributed by atoms with E-state index in [4.69, 9.17) is 23.2 Å². The normalized spacial score (nSPS) is 12.2. The van der Waals surface area contributed by atoms with Crippen LogP contribution < -0.4 is 9.62 Å². The summed E-state index contributed by atoms with van der Waals surface area (Å²) in [4.78, 5) is 27.4. The average molecular weight is 514 g/mol. The lowest BCUT2D eigenvalue weighted by Crippen LogP contribution is -2.51.